The fraction of sp³-hybridized carbons (Fsp3) is 0.476. The molecule has 176 valence electrons. The summed E-state index contributed by atoms with van der Waals surface area (Å²) in [6, 6.07) is 2.96. The number of hydrogen-bond acceptors (Lipinski definition) is 8. The molecule has 0 bridgehead atoms. The quantitative estimate of drug-likeness (QED) is 0.173. The van der Waals surface area contributed by atoms with Crippen molar-refractivity contribution in [2.75, 3.05) is 19.0 Å². The third kappa shape index (κ3) is 5.26. The lowest BCUT2D eigenvalue weighted by Crippen LogP contribution is -2.22. The molecule has 0 saturated heterocycles. The Morgan fingerprint density at radius 1 is 1.30 bits per heavy atom. The van der Waals surface area contributed by atoms with Gasteiger partial charge in [0.2, 0.25) is 0 Å². The van der Waals surface area contributed by atoms with Gasteiger partial charge in [-0.05, 0) is 34.9 Å². The fourth-order valence-electron chi connectivity index (χ4n) is 3.42. The first-order chi connectivity index (χ1) is 15.7. The minimum Gasteiger partial charge on any atom is -0.450 e. The molecule has 0 atom stereocenters. The number of pyridine rings is 2. The summed E-state index contributed by atoms with van der Waals surface area (Å²) >= 11 is 6.34. The van der Waals surface area contributed by atoms with Crippen LogP contribution in [0.25, 0.3) is 11.0 Å². The zero-order chi connectivity index (χ0) is 23.8. The standard InChI is InChI=1S/C21H27ClN6O4Si/c1-23-19-17(22)16(11-25-21(19)28(29)30)32-14-9-15-18(13-5-6-13)26-27(20(15)24-10-14)12-31-7-8-33(2,3)4/h9-11,13,23H,5-8,12H2,1-4H3. The number of nitrogens with zero attached hydrogens (tertiary/aromatic N) is 5. The van der Waals surface area contributed by atoms with Gasteiger partial charge in [-0.1, -0.05) is 31.2 Å². The Hall–Kier alpha value is -2.76. The molecule has 1 fully saturated rings. The number of halogens is 1. The van der Waals surface area contributed by atoms with E-state index in [1.54, 1.807) is 10.9 Å². The van der Waals surface area contributed by atoms with Crippen molar-refractivity contribution < 1.29 is 14.4 Å². The average molecular weight is 491 g/mol. The van der Waals surface area contributed by atoms with Crippen molar-refractivity contribution >= 4 is 42.2 Å². The number of rotatable bonds is 10. The van der Waals surface area contributed by atoms with Gasteiger partial charge in [-0.2, -0.15) is 5.10 Å². The van der Waals surface area contributed by atoms with Crippen molar-refractivity contribution in [3.8, 4) is 11.5 Å². The third-order valence-corrected chi connectivity index (χ3v) is 7.46. The number of nitrogens with one attached hydrogen (secondary N) is 1. The predicted octanol–water partition coefficient (Wildman–Crippen LogP) is 5.41. The molecule has 1 aliphatic rings. The largest absolute Gasteiger partial charge is 0.450 e. The molecule has 3 heterocycles. The van der Waals surface area contributed by atoms with Crippen LogP contribution in [0.3, 0.4) is 0 Å². The summed E-state index contributed by atoms with van der Waals surface area (Å²) in [4.78, 5) is 19.0. The van der Waals surface area contributed by atoms with Gasteiger partial charge < -0.3 is 24.9 Å². The lowest BCUT2D eigenvalue weighted by molar-refractivity contribution is -0.388. The minimum absolute atomic E-state index is 0.0770. The highest BCUT2D eigenvalue weighted by Gasteiger charge is 2.30. The summed E-state index contributed by atoms with van der Waals surface area (Å²) in [5, 5.41) is 19.6. The average Bonchev–Trinajstić information content (AvgIpc) is 3.53. The molecule has 0 aromatic carbocycles. The molecule has 0 radical (unpaired) electrons. The fourth-order valence-corrected chi connectivity index (χ4v) is 4.44. The summed E-state index contributed by atoms with van der Waals surface area (Å²) in [6.07, 6.45) is 5.01. The second-order valence-electron chi connectivity index (χ2n) is 9.29. The van der Waals surface area contributed by atoms with Gasteiger partial charge in [-0.15, -0.1) is 0 Å². The van der Waals surface area contributed by atoms with E-state index in [2.05, 4.69) is 34.9 Å². The molecule has 1 saturated carbocycles. The van der Waals surface area contributed by atoms with E-state index in [-0.39, 0.29) is 22.3 Å². The monoisotopic (exact) mass is 490 g/mol. The zero-order valence-corrected chi connectivity index (χ0v) is 20.8. The lowest BCUT2D eigenvalue weighted by atomic mass is 10.2. The van der Waals surface area contributed by atoms with Crippen molar-refractivity contribution in [3.05, 3.63) is 39.3 Å². The van der Waals surface area contributed by atoms with Gasteiger partial charge in [0.05, 0.1) is 11.9 Å². The summed E-state index contributed by atoms with van der Waals surface area (Å²) in [6.45, 7) is 8.02. The van der Waals surface area contributed by atoms with E-state index >= 15 is 0 Å². The normalized spacial score (nSPS) is 14.0. The Kier molecular flexibility index (Phi) is 6.55. The molecule has 10 nitrogen and oxygen atoms in total. The summed E-state index contributed by atoms with van der Waals surface area (Å²) in [5.74, 6) is 0.689. The Labute approximate surface area is 197 Å². The first-order valence-corrected chi connectivity index (χ1v) is 14.9. The van der Waals surface area contributed by atoms with Crippen molar-refractivity contribution in [2.45, 2.75) is 51.2 Å². The molecule has 0 unspecified atom stereocenters. The Bertz CT molecular complexity index is 1190. The van der Waals surface area contributed by atoms with Gasteiger partial charge in [-0.25, -0.2) is 9.67 Å². The zero-order valence-electron chi connectivity index (χ0n) is 19.1. The Morgan fingerprint density at radius 2 is 2.06 bits per heavy atom. The molecular weight excluding hydrogens is 464 g/mol. The maximum Gasteiger partial charge on any atom is 0.388 e. The van der Waals surface area contributed by atoms with E-state index in [1.807, 2.05) is 6.07 Å². The maximum atomic E-state index is 11.2. The number of anilines is 1. The van der Waals surface area contributed by atoms with Crippen LogP contribution in [-0.4, -0.2) is 46.4 Å². The highest BCUT2D eigenvalue weighted by molar-refractivity contribution is 6.76. The third-order valence-electron chi connectivity index (χ3n) is 5.38. The summed E-state index contributed by atoms with van der Waals surface area (Å²) in [5.41, 5.74) is 1.82. The van der Waals surface area contributed by atoms with Gasteiger partial charge in [0.25, 0.3) is 0 Å². The molecule has 3 aromatic heterocycles. The first-order valence-electron chi connectivity index (χ1n) is 10.8. The highest BCUT2D eigenvalue weighted by Crippen LogP contribution is 2.43. The number of hydrogen-bond donors (Lipinski definition) is 1. The molecule has 33 heavy (non-hydrogen) atoms. The van der Waals surface area contributed by atoms with E-state index in [1.165, 1.54) is 13.2 Å². The topological polar surface area (TPSA) is 117 Å². The van der Waals surface area contributed by atoms with Crippen LogP contribution in [0.1, 0.15) is 24.5 Å². The first kappa shape index (κ1) is 23.4. The SMILES string of the molecule is CNc1c([N+](=O)[O-])ncc(Oc2cnc3c(c2)c(C2CC2)nn3COCC[Si](C)(C)C)c1Cl. The Balaban J connectivity index is 1.59. The van der Waals surface area contributed by atoms with Crippen molar-refractivity contribution in [1.82, 2.24) is 19.7 Å². The highest BCUT2D eigenvalue weighted by atomic mass is 35.5. The molecule has 1 N–H and O–H groups in total. The molecule has 4 rings (SSSR count). The van der Waals surface area contributed by atoms with Gasteiger partial charge in [0, 0.05) is 33.0 Å². The van der Waals surface area contributed by atoms with Crippen molar-refractivity contribution in [3.63, 3.8) is 0 Å². The van der Waals surface area contributed by atoms with Crippen molar-refractivity contribution in [1.29, 1.82) is 0 Å². The lowest BCUT2D eigenvalue weighted by Gasteiger charge is -2.15. The summed E-state index contributed by atoms with van der Waals surface area (Å²) in [7, 11) is 0.375. The van der Waals surface area contributed by atoms with Crippen LogP contribution in [0.2, 0.25) is 30.7 Å². The van der Waals surface area contributed by atoms with E-state index < -0.39 is 13.0 Å². The van der Waals surface area contributed by atoms with Gasteiger partial charge in [-0.3, -0.25) is 0 Å². The van der Waals surface area contributed by atoms with Gasteiger partial charge >= 0.3 is 5.82 Å². The minimum atomic E-state index is -1.16. The number of fused-ring (bicyclic) bond motifs is 1. The molecule has 12 heteroatoms. The molecule has 1 aliphatic carbocycles. The van der Waals surface area contributed by atoms with E-state index in [4.69, 9.17) is 26.2 Å². The second kappa shape index (κ2) is 9.24. The second-order valence-corrected chi connectivity index (χ2v) is 15.3. The van der Waals surface area contributed by atoms with E-state index in [9.17, 15) is 10.1 Å². The van der Waals surface area contributed by atoms with E-state index in [0.717, 1.165) is 35.6 Å². The van der Waals surface area contributed by atoms with Crippen LogP contribution < -0.4 is 10.1 Å². The maximum absolute atomic E-state index is 11.2. The van der Waals surface area contributed by atoms with Crippen LogP contribution >= 0.6 is 11.6 Å². The molecule has 0 aliphatic heterocycles. The van der Waals surface area contributed by atoms with E-state index in [0.29, 0.717) is 25.0 Å². The number of aromatic nitrogens is 4. The van der Waals surface area contributed by atoms with Crippen LogP contribution in [0.15, 0.2) is 18.5 Å². The van der Waals surface area contributed by atoms with Crippen LogP contribution in [0, 0.1) is 10.1 Å². The van der Waals surface area contributed by atoms with Crippen LogP contribution in [0.5, 0.6) is 11.5 Å². The summed E-state index contributed by atoms with van der Waals surface area (Å²) < 4.78 is 13.6. The van der Waals surface area contributed by atoms with Gasteiger partial charge in [0.15, 0.2) is 23.3 Å². The molecule has 0 amide bonds. The Morgan fingerprint density at radius 3 is 2.70 bits per heavy atom. The smallest absolute Gasteiger partial charge is 0.388 e. The van der Waals surface area contributed by atoms with Gasteiger partial charge in [0.1, 0.15) is 17.5 Å². The molecule has 3 aromatic rings. The van der Waals surface area contributed by atoms with Crippen molar-refractivity contribution in [2.24, 2.45) is 0 Å². The predicted molar refractivity (Wildman–Crippen MR) is 129 cm³/mol. The molecule has 0 spiro atoms. The number of ether oxygens (including phenoxy) is 2. The number of nitro groups is 1. The van der Waals surface area contributed by atoms with Crippen LogP contribution in [-0.2, 0) is 11.5 Å². The molecular formula is C21H27ClN6O4Si. The van der Waals surface area contributed by atoms with Crippen LogP contribution in [0.4, 0.5) is 11.5 Å².